The maximum atomic E-state index is 10.5. The minimum Gasteiger partial charge on any atom is -0.393 e. The predicted molar refractivity (Wildman–Crippen MR) is 167 cm³/mol. The fourth-order valence-corrected chi connectivity index (χ4v) is 2.90. The third-order valence-corrected chi connectivity index (χ3v) is 4.65. The van der Waals surface area contributed by atoms with Crippen molar-refractivity contribution in [2.75, 3.05) is 0 Å². The summed E-state index contributed by atoms with van der Waals surface area (Å²) in [6.45, 7) is 11.1. The van der Waals surface area contributed by atoms with E-state index in [1.165, 1.54) is 15.0 Å². The van der Waals surface area contributed by atoms with Gasteiger partial charge in [-0.15, -0.1) is 10.2 Å². The van der Waals surface area contributed by atoms with Crippen molar-refractivity contribution in [3.05, 3.63) is 86.6 Å². The average Bonchev–Trinajstić information content (AvgIpc) is 3.77. The number of aromatic amines is 1. The van der Waals surface area contributed by atoms with Crippen LogP contribution in [0.5, 0.6) is 0 Å². The summed E-state index contributed by atoms with van der Waals surface area (Å²) in [6, 6.07) is 0. The first-order valence-electron chi connectivity index (χ1n) is 13.1. The van der Waals surface area contributed by atoms with Crippen molar-refractivity contribution in [2.45, 2.75) is 49.0 Å². The molecule has 0 spiro atoms. The van der Waals surface area contributed by atoms with Gasteiger partial charge in [0.2, 0.25) is 5.89 Å². The molecule has 248 valence electrons. The summed E-state index contributed by atoms with van der Waals surface area (Å²) in [5.74, 6) is 1.46. The number of hydrogen-bond acceptors (Lipinski definition) is 12. The number of aromatic nitrogens is 16. The monoisotopic (exact) mass is 630 g/mol. The second-order valence-electron chi connectivity index (χ2n) is 9.32. The van der Waals surface area contributed by atoms with Crippen LogP contribution in [-0.4, -0.2) is 79.1 Å². The van der Waals surface area contributed by atoms with Gasteiger partial charge in [0.15, 0.2) is 0 Å². The SMILES string of the molecule is C.Cc1cn(C)nn1.Cc1cnn(C)c1.Cc1cnn(C)n1.Cc1ncn(C)n1.Cc1nn(C)c(=O)[nH]1.Cc1nn(C)c(=O)o1. The van der Waals surface area contributed by atoms with Gasteiger partial charge in [-0.1, -0.05) is 12.6 Å². The Morgan fingerprint density at radius 1 is 0.711 bits per heavy atom. The molecule has 6 rings (SSSR count). The fourth-order valence-electron chi connectivity index (χ4n) is 2.90. The van der Waals surface area contributed by atoms with Crippen molar-refractivity contribution < 1.29 is 4.42 Å². The first-order chi connectivity index (χ1) is 20.5. The lowest BCUT2D eigenvalue weighted by Crippen LogP contribution is -2.13. The lowest BCUT2D eigenvalue weighted by atomic mass is 10.4. The van der Waals surface area contributed by atoms with Crippen molar-refractivity contribution in [1.29, 1.82) is 0 Å². The molecule has 0 unspecified atom stereocenters. The van der Waals surface area contributed by atoms with Crippen molar-refractivity contribution in [2.24, 2.45) is 42.3 Å². The van der Waals surface area contributed by atoms with Crippen LogP contribution in [0.15, 0.2) is 45.1 Å². The van der Waals surface area contributed by atoms with E-state index >= 15 is 0 Å². The van der Waals surface area contributed by atoms with Gasteiger partial charge in [-0.2, -0.15) is 35.0 Å². The highest BCUT2D eigenvalue weighted by Crippen LogP contribution is 1.89. The highest BCUT2D eigenvalue weighted by Gasteiger charge is 1.95. The van der Waals surface area contributed by atoms with E-state index < -0.39 is 5.76 Å². The summed E-state index contributed by atoms with van der Waals surface area (Å²) in [4.78, 5) is 28.8. The van der Waals surface area contributed by atoms with Crippen LogP contribution in [0.1, 0.15) is 41.9 Å². The van der Waals surface area contributed by atoms with Crippen molar-refractivity contribution >= 4 is 0 Å². The van der Waals surface area contributed by atoms with E-state index in [0.717, 1.165) is 21.9 Å². The summed E-state index contributed by atoms with van der Waals surface area (Å²) in [5.41, 5.74) is 2.97. The van der Waals surface area contributed by atoms with E-state index in [9.17, 15) is 9.59 Å². The molecule has 0 aromatic carbocycles. The Labute approximate surface area is 261 Å². The average molecular weight is 631 g/mol. The van der Waals surface area contributed by atoms with Gasteiger partial charge in [-0.25, -0.2) is 19.3 Å². The normalized spacial score (nSPS) is 9.33. The lowest BCUT2D eigenvalue weighted by Gasteiger charge is -1.78. The second kappa shape index (κ2) is 19.7. The molecule has 0 fully saturated rings. The molecule has 0 atom stereocenters. The van der Waals surface area contributed by atoms with Gasteiger partial charge in [-0.3, -0.25) is 19.0 Å². The molecule has 6 aromatic heterocycles. The van der Waals surface area contributed by atoms with Crippen molar-refractivity contribution in [3.63, 3.8) is 0 Å². The van der Waals surface area contributed by atoms with E-state index in [1.807, 2.05) is 67.4 Å². The fraction of sp³-hybridized carbons (Fsp3) is 0.500. The molecule has 6 aromatic rings. The molecule has 19 nitrogen and oxygen atoms in total. The highest BCUT2D eigenvalue weighted by molar-refractivity contribution is 4.98. The summed E-state index contributed by atoms with van der Waals surface area (Å²) in [6.07, 6.45) is 9.06. The van der Waals surface area contributed by atoms with E-state index in [0.29, 0.717) is 11.7 Å². The number of nitrogens with zero attached hydrogens (tertiary/aromatic N) is 15. The quantitative estimate of drug-likeness (QED) is 0.247. The Hall–Kier alpha value is -5.49. The van der Waals surface area contributed by atoms with Gasteiger partial charge in [0, 0.05) is 61.6 Å². The van der Waals surface area contributed by atoms with Gasteiger partial charge in [0.05, 0.1) is 23.8 Å². The molecule has 0 saturated carbocycles. The van der Waals surface area contributed by atoms with Crippen LogP contribution in [0.4, 0.5) is 0 Å². The summed E-state index contributed by atoms with van der Waals surface area (Å²) in [7, 11) is 10.5. The largest absolute Gasteiger partial charge is 0.436 e. The summed E-state index contributed by atoms with van der Waals surface area (Å²) < 4.78 is 12.1. The number of aryl methyl sites for hydroxylation is 12. The van der Waals surface area contributed by atoms with Crippen molar-refractivity contribution in [1.82, 2.24) is 79.1 Å². The molecule has 0 aliphatic heterocycles. The molecule has 45 heavy (non-hydrogen) atoms. The second-order valence-corrected chi connectivity index (χ2v) is 9.32. The van der Waals surface area contributed by atoms with E-state index in [-0.39, 0.29) is 13.1 Å². The molecule has 0 bridgehead atoms. The Balaban J connectivity index is 0.000000514. The van der Waals surface area contributed by atoms with Crippen LogP contribution >= 0.6 is 0 Å². The van der Waals surface area contributed by atoms with Crippen LogP contribution < -0.4 is 11.4 Å². The van der Waals surface area contributed by atoms with E-state index in [4.69, 9.17) is 0 Å². The molecule has 0 aliphatic carbocycles. The molecule has 0 radical (unpaired) electrons. The molecule has 0 aliphatic rings. The third-order valence-electron chi connectivity index (χ3n) is 4.65. The van der Waals surface area contributed by atoms with Crippen LogP contribution in [0.2, 0.25) is 0 Å². The van der Waals surface area contributed by atoms with Gasteiger partial charge in [0.1, 0.15) is 18.0 Å². The van der Waals surface area contributed by atoms with E-state index in [1.54, 1.807) is 61.6 Å². The van der Waals surface area contributed by atoms with Crippen LogP contribution in [0.3, 0.4) is 0 Å². The lowest BCUT2D eigenvalue weighted by molar-refractivity contribution is 0.471. The Bertz CT molecular complexity index is 1490. The smallest absolute Gasteiger partial charge is 0.393 e. The minimum absolute atomic E-state index is 0. The third kappa shape index (κ3) is 17.3. The number of nitrogens with one attached hydrogen (secondary N) is 1. The first-order valence-corrected chi connectivity index (χ1v) is 13.1. The zero-order valence-corrected chi connectivity index (χ0v) is 27.3. The number of rotatable bonds is 0. The van der Waals surface area contributed by atoms with Crippen LogP contribution in [0.25, 0.3) is 0 Å². The molecule has 6 heterocycles. The number of hydrogen-bond donors (Lipinski definition) is 1. The molecule has 19 heteroatoms. The number of H-pyrrole nitrogens is 1. The molecule has 0 saturated heterocycles. The van der Waals surface area contributed by atoms with Gasteiger partial charge in [-0.05, 0) is 40.2 Å². The Kier molecular flexibility index (Phi) is 17.3. The molecule has 0 amide bonds. The first kappa shape index (κ1) is 39.5. The molecule has 1 N–H and O–H groups in total. The van der Waals surface area contributed by atoms with Gasteiger partial charge >= 0.3 is 11.4 Å². The minimum atomic E-state index is -0.414. The van der Waals surface area contributed by atoms with E-state index in [2.05, 4.69) is 55.3 Å². The van der Waals surface area contributed by atoms with Crippen LogP contribution in [-0.2, 0) is 42.3 Å². The zero-order valence-electron chi connectivity index (χ0n) is 27.3. The highest BCUT2D eigenvalue weighted by atomic mass is 16.4. The Morgan fingerprint density at radius 2 is 1.38 bits per heavy atom. The van der Waals surface area contributed by atoms with Crippen molar-refractivity contribution in [3.8, 4) is 0 Å². The standard InChI is InChI=1S/C5H8N2.C4H7N3O.3C4H7N3.C4H6N2O2.CH4/c1-5-3-6-7(2)4-5;1-3-5-4(8)7(2)6-3;1-4-5-3-7(2)6-4;1-4-3-7(2)6-5-4;1-4-3-5-7(2)6-4;1-3-5-6(2)4(7)8-3;/h3-4H,1-2H3;1-2H3,(H,5,6,8);3*3H,1-2H3;1-2H3;1H4. The Morgan fingerprint density at radius 3 is 1.51 bits per heavy atom. The predicted octanol–water partition coefficient (Wildman–Crippen LogP) is 0.834. The van der Waals surface area contributed by atoms with Gasteiger partial charge in [0.25, 0.3) is 0 Å². The molecular weight excluding hydrogens is 584 g/mol. The summed E-state index contributed by atoms with van der Waals surface area (Å²) >= 11 is 0. The molecular formula is C26H46N16O3. The van der Waals surface area contributed by atoms with Crippen LogP contribution in [0, 0.1) is 41.5 Å². The maximum Gasteiger partial charge on any atom is 0.436 e. The maximum absolute atomic E-state index is 10.5. The topological polar surface area (TPSA) is 209 Å². The summed E-state index contributed by atoms with van der Waals surface area (Å²) in [5, 5.41) is 30.4. The van der Waals surface area contributed by atoms with Gasteiger partial charge < -0.3 is 4.42 Å². The zero-order chi connectivity index (χ0) is 33.4.